The number of benzene rings is 2. The van der Waals surface area contributed by atoms with Crippen molar-refractivity contribution in [1.82, 2.24) is 9.80 Å². The largest absolute Gasteiger partial charge is 0.492 e. The number of hydrogen-bond donors (Lipinski definition) is 0. The predicted octanol–water partition coefficient (Wildman–Crippen LogP) is 2.15. The van der Waals surface area contributed by atoms with Gasteiger partial charge < -0.3 is 4.74 Å². The number of amides is 2. The van der Waals surface area contributed by atoms with Gasteiger partial charge in [-0.05, 0) is 36.4 Å². The predicted molar refractivity (Wildman–Crippen MR) is 107 cm³/mol. The lowest BCUT2D eigenvalue weighted by Crippen LogP contribution is -2.53. The molecule has 2 aromatic rings. The number of anilines is 1. The number of hydrogen-bond acceptors (Lipinski definition) is 5. The molecule has 0 aromatic heterocycles. The van der Waals surface area contributed by atoms with Crippen molar-refractivity contribution in [2.45, 2.75) is 12.5 Å². The van der Waals surface area contributed by atoms with Gasteiger partial charge in [0, 0.05) is 32.7 Å². The Kier molecular flexibility index (Phi) is 5.87. The number of imide groups is 1. The Hall–Kier alpha value is -2.77. The number of piperazine rings is 1. The van der Waals surface area contributed by atoms with Crippen LogP contribution in [0.3, 0.4) is 0 Å². The first-order valence-electron chi connectivity index (χ1n) is 9.88. The molecule has 2 aromatic carbocycles. The molecule has 2 fully saturated rings. The number of carbonyl (C=O) groups excluding carboxylic acids is 2. The van der Waals surface area contributed by atoms with E-state index in [0.29, 0.717) is 12.3 Å². The van der Waals surface area contributed by atoms with E-state index in [9.17, 15) is 14.0 Å². The zero-order chi connectivity index (χ0) is 20.2. The quantitative estimate of drug-likeness (QED) is 0.700. The number of nitrogens with zero attached hydrogens (tertiary/aromatic N) is 3. The molecule has 0 N–H and O–H groups in total. The first-order chi connectivity index (χ1) is 14.1. The lowest BCUT2D eigenvalue weighted by molar-refractivity contribution is -0.123. The van der Waals surface area contributed by atoms with Crippen molar-refractivity contribution < 1.29 is 18.7 Å². The highest BCUT2D eigenvalue weighted by Gasteiger charge is 2.43. The van der Waals surface area contributed by atoms with Gasteiger partial charge in [-0.2, -0.15) is 0 Å². The van der Waals surface area contributed by atoms with Crippen LogP contribution >= 0.6 is 0 Å². The second-order valence-corrected chi connectivity index (χ2v) is 7.30. The number of para-hydroxylation sites is 1. The number of rotatable bonds is 6. The van der Waals surface area contributed by atoms with Crippen LogP contribution < -0.4 is 9.64 Å². The van der Waals surface area contributed by atoms with Crippen molar-refractivity contribution in [3.63, 3.8) is 0 Å². The summed E-state index contributed by atoms with van der Waals surface area (Å²) in [4.78, 5) is 30.8. The first kappa shape index (κ1) is 19.5. The molecule has 29 heavy (non-hydrogen) atoms. The van der Waals surface area contributed by atoms with E-state index in [1.807, 2.05) is 30.3 Å². The van der Waals surface area contributed by atoms with Crippen LogP contribution in [0.1, 0.15) is 6.42 Å². The first-order valence-corrected chi connectivity index (χ1v) is 9.88. The second kappa shape index (κ2) is 8.71. The average molecular weight is 397 g/mol. The number of carbonyl (C=O) groups is 2. The molecule has 0 saturated carbocycles. The minimum atomic E-state index is -0.435. The third-order valence-corrected chi connectivity index (χ3v) is 5.47. The van der Waals surface area contributed by atoms with E-state index in [-0.39, 0.29) is 18.2 Å². The van der Waals surface area contributed by atoms with Gasteiger partial charge in [0.25, 0.3) is 5.91 Å². The fourth-order valence-corrected chi connectivity index (χ4v) is 3.87. The van der Waals surface area contributed by atoms with Crippen molar-refractivity contribution in [2.75, 3.05) is 44.2 Å². The molecule has 0 aliphatic carbocycles. The molecule has 6 nitrogen and oxygen atoms in total. The molecule has 2 aliphatic heterocycles. The molecule has 2 heterocycles. The van der Waals surface area contributed by atoms with Gasteiger partial charge in [0.15, 0.2) is 0 Å². The van der Waals surface area contributed by atoms with Crippen LogP contribution in [0.15, 0.2) is 54.6 Å². The minimum absolute atomic E-state index is 0.174. The van der Waals surface area contributed by atoms with Crippen LogP contribution in [0.2, 0.25) is 0 Å². The maximum atomic E-state index is 13.1. The molecular weight excluding hydrogens is 373 g/mol. The Balaban J connectivity index is 1.28. The fourth-order valence-electron chi connectivity index (χ4n) is 3.87. The van der Waals surface area contributed by atoms with Gasteiger partial charge in [-0.3, -0.25) is 19.4 Å². The molecular formula is C22H24FN3O3. The Morgan fingerprint density at radius 2 is 1.62 bits per heavy atom. The summed E-state index contributed by atoms with van der Waals surface area (Å²) in [6.07, 6.45) is 0.174. The molecule has 7 heteroatoms. The normalized spacial score (nSPS) is 21.0. The van der Waals surface area contributed by atoms with Gasteiger partial charge >= 0.3 is 0 Å². The average Bonchev–Trinajstić information content (AvgIpc) is 3.04. The summed E-state index contributed by atoms with van der Waals surface area (Å²) < 4.78 is 18.9. The fraction of sp³-hybridized carbons (Fsp3) is 0.364. The molecule has 0 unspecified atom stereocenters. The van der Waals surface area contributed by atoms with Gasteiger partial charge in [-0.15, -0.1) is 0 Å². The van der Waals surface area contributed by atoms with Crippen LogP contribution in [-0.4, -0.2) is 67.0 Å². The highest BCUT2D eigenvalue weighted by molar-refractivity contribution is 6.22. The van der Waals surface area contributed by atoms with E-state index in [1.165, 1.54) is 29.2 Å². The summed E-state index contributed by atoms with van der Waals surface area (Å²) in [6.45, 7) is 4.54. The van der Waals surface area contributed by atoms with Crippen molar-refractivity contribution >= 4 is 17.5 Å². The Morgan fingerprint density at radius 3 is 2.31 bits per heavy atom. The van der Waals surface area contributed by atoms with E-state index in [1.54, 1.807) is 0 Å². The van der Waals surface area contributed by atoms with Crippen LogP contribution in [0.25, 0.3) is 0 Å². The van der Waals surface area contributed by atoms with E-state index in [0.717, 1.165) is 38.5 Å². The topological polar surface area (TPSA) is 53.1 Å². The molecule has 0 spiro atoms. The lowest BCUT2D eigenvalue weighted by Gasteiger charge is -2.36. The molecule has 2 saturated heterocycles. The Morgan fingerprint density at radius 1 is 0.931 bits per heavy atom. The van der Waals surface area contributed by atoms with Gasteiger partial charge in [-0.1, -0.05) is 18.2 Å². The maximum Gasteiger partial charge on any atom is 0.251 e. The third-order valence-electron chi connectivity index (χ3n) is 5.47. The third kappa shape index (κ3) is 4.46. The standard InChI is InChI=1S/C22H24FN3O3/c23-17-6-8-18(9-7-17)26-21(27)16-20(22(26)28)25-12-10-24(11-13-25)14-15-29-19-4-2-1-3-5-19/h1-9,20H,10-16H2/t20-/m1/s1. The van der Waals surface area contributed by atoms with Crippen LogP contribution in [0.4, 0.5) is 10.1 Å². The highest BCUT2D eigenvalue weighted by Crippen LogP contribution is 2.26. The molecule has 1 atom stereocenters. The number of ether oxygens (including phenoxy) is 1. The monoisotopic (exact) mass is 397 g/mol. The summed E-state index contributed by atoms with van der Waals surface area (Å²) in [5.41, 5.74) is 0.431. The van der Waals surface area contributed by atoms with Crippen molar-refractivity contribution in [3.8, 4) is 5.75 Å². The zero-order valence-corrected chi connectivity index (χ0v) is 16.2. The maximum absolute atomic E-state index is 13.1. The van der Waals surface area contributed by atoms with E-state index in [2.05, 4.69) is 9.80 Å². The smallest absolute Gasteiger partial charge is 0.251 e. The highest BCUT2D eigenvalue weighted by atomic mass is 19.1. The van der Waals surface area contributed by atoms with E-state index < -0.39 is 11.9 Å². The van der Waals surface area contributed by atoms with Crippen LogP contribution in [-0.2, 0) is 9.59 Å². The SMILES string of the molecule is O=C1C[C@@H](N2CCN(CCOc3ccccc3)CC2)C(=O)N1c1ccc(F)cc1. The molecule has 152 valence electrons. The van der Waals surface area contributed by atoms with Crippen LogP contribution in [0, 0.1) is 5.82 Å². The summed E-state index contributed by atoms with van der Waals surface area (Å²) in [7, 11) is 0. The van der Waals surface area contributed by atoms with Gasteiger partial charge in [0.05, 0.1) is 18.2 Å². The van der Waals surface area contributed by atoms with Gasteiger partial charge in [0.1, 0.15) is 18.2 Å². The van der Waals surface area contributed by atoms with Crippen molar-refractivity contribution in [2.24, 2.45) is 0 Å². The summed E-state index contributed by atoms with van der Waals surface area (Å²) in [5, 5.41) is 0. The summed E-state index contributed by atoms with van der Waals surface area (Å²) >= 11 is 0. The molecule has 0 bridgehead atoms. The van der Waals surface area contributed by atoms with Crippen molar-refractivity contribution in [1.29, 1.82) is 0 Å². The Bertz CT molecular complexity index is 851. The Labute approximate surface area is 169 Å². The van der Waals surface area contributed by atoms with Gasteiger partial charge in [-0.25, -0.2) is 9.29 Å². The zero-order valence-electron chi connectivity index (χ0n) is 16.2. The summed E-state index contributed by atoms with van der Waals surface area (Å²) in [6, 6.07) is 14.8. The lowest BCUT2D eigenvalue weighted by atomic mass is 10.1. The van der Waals surface area contributed by atoms with Crippen molar-refractivity contribution in [3.05, 3.63) is 60.4 Å². The molecule has 2 aliphatic rings. The molecule has 2 amide bonds. The van der Waals surface area contributed by atoms with E-state index in [4.69, 9.17) is 4.74 Å². The second-order valence-electron chi connectivity index (χ2n) is 7.30. The van der Waals surface area contributed by atoms with Crippen LogP contribution in [0.5, 0.6) is 5.75 Å². The van der Waals surface area contributed by atoms with Gasteiger partial charge in [0.2, 0.25) is 5.91 Å². The summed E-state index contributed by atoms with van der Waals surface area (Å²) in [5.74, 6) is 0.0200. The molecule has 4 rings (SSSR count). The number of halogens is 1. The molecule has 0 radical (unpaired) electrons. The minimum Gasteiger partial charge on any atom is -0.492 e. The van der Waals surface area contributed by atoms with E-state index >= 15 is 0 Å².